The maximum absolute atomic E-state index is 14.8. The van der Waals surface area contributed by atoms with E-state index in [2.05, 4.69) is 25.1 Å². The van der Waals surface area contributed by atoms with Gasteiger partial charge in [0.1, 0.15) is 11.6 Å². The molecular weight excluding hydrogens is 576 g/mol. The number of nitrogens with zero attached hydrogens (tertiary/aromatic N) is 5. The van der Waals surface area contributed by atoms with Crippen LogP contribution in [0.25, 0.3) is 0 Å². The number of hydrogen-bond donors (Lipinski definition) is 1. The van der Waals surface area contributed by atoms with Crippen molar-refractivity contribution < 1.29 is 27.1 Å². The quantitative estimate of drug-likeness (QED) is 0.343. The number of anilines is 1. The van der Waals surface area contributed by atoms with Crippen molar-refractivity contribution in [2.24, 2.45) is 17.8 Å². The van der Waals surface area contributed by atoms with Crippen LogP contribution in [0.4, 0.5) is 23.5 Å². The number of ether oxygens (including phenoxy) is 1. The minimum atomic E-state index is -4.54. The Morgan fingerprint density at radius 3 is 2.62 bits per heavy atom. The van der Waals surface area contributed by atoms with Gasteiger partial charge in [-0.15, -0.1) is 0 Å². The molecule has 8 nitrogen and oxygen atoms in total. The summed E-state index contributed by atoms with van der Waals surface area (Å²) in [6.45, 7) is 2.46. The Morgan fingerprint density at radius 2 is 1.90 bits per heavy atom. The Hall–Kier alpha value is -3.41. The molecule has 2 aliphatic heterocycles. The number of carbonyl (C=O) groups is 1. The van der Waals surface area contributed by atoms with Gasteiger partial charge in [-0.25, -0.2) is 14.4 Å². The summed E-state index contributed by atoms with van der Waals surface area (Å²) in [4.78, 5) is 25.1. The van der Waals surface area contributed by atoms with E-state index in [1.165, 1.54) is 23.5 Å². The van der Waals surface area contributed by atoms with Gasteiger partial charge in [-0.2, -0.15) is 18.3 Å². The highest BCUT2D eigenvalue weighted by Crippen LogP contribution is 2.50. The lowest BCUT2D eigenvalue weighted by atomic mass is 9.90. The lowest BCUT2D eigenvalue weighted by Crippen LogP contribution is -2.37. The second-order valence-corrected chi connectivity index (χ2v) is 11.8. The lowest BCUT2D eigenvalue weighted by Gasteiger charge is -2.32. The van der Waals surface area contributed by atoms with Crippen LogP contribution in [0.2, 0.25) is 5.02 Å². The maximum atomic E-state index is 14.8. The van der Waals surface area contributed by atoms with Crippen molar-refractivity contribution in [3.8, 4) is 5.75 Å². The summed E-state index contributed by atoms with van der Waals surface area (Å²) in [6.07, 6.45) is 2.87. The third kappa shape index (κ3) is 6.33. The Balaban J connectivity index is 0.930. The predicted molar refractivity (Wildman–Crippen MR) is 147 cm³/mol. The highest BCUT2D eigenvalue weighted by Gasteiger charge is 2.43. The monoisotopic (exact) mass is 606 g/mol. The summed E-state index contributed by atoms with van der Waals surface area (Å²) in [5.41, 5.74) is -0.362. The standard InChI is InChI=1S/C29H31ClF4N6O2/c30-20-14-35-28(36-15-20)39-7-3-17(4-8-39)23-11-18(23)6-10-42-21-2-1-19(24(31)13-21)12-26(41)40-9-5-22-25(16-40)37-38-27(22)29(32,33)34/h1-2,13-15,17-18,23H,3-12,16H2,(H,37,38)/t18-,23?/m1/s1. The zero-order valence-electron chi connectivity index (χ0n) is 22.8. The number of fused-ring (bicyclic) bond motifs is 1. The molecule has 2 atom stereocenters. The fourth-order valence-corrected chi connectivity index (χ4v) is 6.40. The van der Waals surface area contributed by atoms with Crippen LogP contribution in [0.3, 0.4) is 0 Å². The molecule has 3 aromatic rings. The van der Waals surface area contributed by atoms with E-state index in [4.69, 9.17) is 16.3 Å². The molecule has 0 bridgehead atoms. The molecule has 0 spiro atoms. The lowest BCUT2D eigenvalue weighted by molar-refractivity contribution is -0.141. The van der Waals surface area contributed by atoms with Gasteiger partial charge in [0.15, 0.2) is 5.69 Å². The SMILES string of the molecule is O=C(Cc1ccc(OCC[C@@H]2CC2C2CCN(c3ncc(Cl)cn3)CC2)cc1F)N1CCc2c(C(F)(F)F)n[nH]c2C1. The van der Waals surface area contributed by atoms with Crippen LogP contribution in [0.1, 0.15) is 48.2 Å². The number of aromatic nitrogens is 4. The van der Waals surface area contributed by atoms with Crippen LogP contribution >= 0.6 is 11.6 Å². The van der Waals surface area contributed by atoms with Gasteiger partial charge < -0.3 is 14.5 Å². The van der Waals surface area contributed by atoms with Crippen molar-refractivity contribution in [1.82, 2.24) is 25.1 Å². The van der Waals surface area contributed by atoms with Gasteiger partial charge >= 0.3 is 6.18 Å². The summed E-state index contributed by atoms with van der Waals surface area (Å²) < 4.78 is 59.9. The largest absolute Gasteiger partial charge is 0.493 e. The van der Waals surface area contributed by atoms with Crippen molar-refractivity contribution in [3.63, 3.8) is 0 Å². The van der Waals surface area contributed by atoms with Gasteiger partial charge in [-0.3, -0.25) is 9.89 Å². The Labute approximate surface area is 245 Å². The number of benzene rings is 1. The molecule has 2 aromatic heterocycles. The Bertz CT molecular complexity index is 1420. The molecule has 224 valence electrons. The molecule has 3 aliphatic rings. The summed E-state index contributed by atoms with van der Waals surface area (Å²) in [7, 11) is 0. The smallest absolute Gasteiger partial charge is 0.435 e. The van der Waals surface area contributed by atoms with Crippen LogP contribution in [0.15, 0.2) is 30.6 Å². The van der Waals surface area contributed by atoms with E-state index < -0.39 is 17.7 Å². The van der Waals surface area contributed by atoms with Crippen LogP contribution < -0.4 is 9.64 Å². The molecule has 42 heavy (non-hydrogen) atoms. The van der Waals surface area contributed by atoms with Gasteiger partial charge in [0, 0.05) is 31.3 Å². The highest BCUT2D eigenvalue weighted by atomic mass is 35.5. The van der Waals surface area contributed by atoms with Crippen LogP contribution in [-0.2, 0) is 30.4 Å². The van der Waals surface area contributed by atoms with Crippen LogP contribution in [0.5, 0.6) is 5.75 Å². The summed E-state index contributed by atoms with van der Waals surface area (Å²) in [5, 5.41) is 6.31. The average Bonchev–Trinajstić information content (AvgIpc) is 3.60. The van der Waals surface area contributed by atoms with E-state index in [0.717, 1.165) is 38.3 Å². The van der Waals surface area contributed by atoms with Gasteiger partial charge in [0.25, 0.3) is 0 Å². The number of rotatable bonds is 8. The minimum Gasteiger partial charge on any atom is -0.493 e. The first kappa shape index (κ1) is 28.7. The van der Waals surface area contributed by atoms with E-state index in [1.54, 1.807) is 18.5 Å². The van der Waals surface area contributed by atoms with Crippen molar-refractivity contribution in [1.29, 1.82) is 0 Å². The molecule has 1 N–H and O–H groups in total. The second kappa shape index (κ2) is 11.7. The zero-order valence-corrected chi connectivity index (χ0v) is 23.6. The Kier molecular flexibility index (Phi) is 7.99. The molecule has 1 unspecified atom stereocenters. The molecular formula is C29H31ClF4N6O2. The number of carbonyl (C=O) groups excluding carboxylic acids is 1. The fraction of sp³-hybridized carbons (Fsp3) is 0.517. The van der Waals surface area contributed by atoms with E-state index in [-0.39, 0.29) is 48.7 Å². The first-order valence-electron chi connectivity index (χ1n) is 14.2. The normalized spacial score (nSPS) is 20.9. The van der Waals surface area contributed by atoms with Crippen molar-refractivity contribution >= 4 is 23.5 Å². The molecule has 1 amide bonds. The molecule has 1 aromatic carbocycles. The third-order valence-corrected chi connectivity index (χ3v) is 8.89. The van der Waals surface area contributed by atoms with Crippen molar-refractivity contribution in [3.05, 3.63) is 63.9 Å². The van der Waals surface area contributed by atoms with Gasteiger partial charge in [-0.05, 0) is 61.5 Å². The van der Waals surface area contributed by atoms with E-state index >= 15 is 0 Å². The Morgan fingerprint density at radius 1 is 1.14 bits per heavy atom. The predicted octanol–water partition coefficient (Wildman–Crippen LogP) is 5.46. The van der Waals surface area contributed by atoms with Gasteiger partial charge in [0.2, 0.25) is 11.9 Å². The highest BCUT2D eigenvalue weighted by molar-refractivity contribution is 6.30. The number of hydrogen-bond acceptors (Lipinski definition) is 6. The molecule has 1 aliphatic carbocycles. The zero-order chi connectivity index (χ0) is 29.4. The van der Waals surface area contributed by atoms with Crippen molar-refractivity contribution in [2.75, 3.05) is 31.1 Å². The molecule has 6 rings (SSSR count). The minimum absolute atomic E-state index is 0.0158. The second-order valence-electron chi connectivity index (χ2n) is 11.3. The third-order valence-electron chi connectivity index (χ3n) is 8.69. The molecule has 0 radical (unpaired) electrons. The summed E-state index contributed by atoms with van der Waals surface area (Å²) in [5.74, 6) is 2.23. The number of aromatic amines is 1. The number of amides is 1. The van der Waals surface area contributed by atoms with Crippen LogP contribution in [-0.4, -0.2) is 57.2 Å². The average molecular weight is 607 g/mol. The summed E-state index contributed by atoms with van der Waals surface area (Å²) in [6, 6.07) is 4.48. The molecule has 4 heterocycles. The number of H-pyrrole nitrogens is 1. The van der Waals surface area contributed by atoms with Crippen molar-refractivity contribution in [2.45, 2.75) is 51.2 Å². The molecule has 2 fully saturated rings. The van der Waals surface area contributed by atoms with Crippen LogP contribution in [0, 0.1) is 23.6 Å². The number of nitrogens with one attached hydrogen (secondary N) is 1. The van der Waals surface area contributed by atoms with E-state index in [1.807, 2.05) is 0 Å². The molecule has 1 saturated carbocycles. The first-order valence-corrected chi connectivity index (χ1v) is 14.6. The maximum Gasteiger partial charge on any atom is 0.435 e. The fourth-order valence-electron chi connectivity index (χ4n) is 6.31. The number of halogens is 5. The number of alkyl halides is 3. The topological polar surface area (TPSA) is 87.2 Å². The molecule has 13 heteroatoms. The molecule has 1 saturated heterocycles. The van der Waals surface area contributed by atoms with Gasteiger partial charge in [0.05, 0.1) is 42.7 Å². The van der Waals surface area contributed by atoms with Gasteiger partial charge in [-0.1, -0.05) is 17.7 Å². The van der Waals surface area contributed by atoms with E-state index in [0.29, 0.717) is 35.1 Å². The number of piperidine rings is 1. The summed E-state index contributed by atoms with van der Waals surface area (Å²) >= 11 is 5.89. The van der Waals surface area contributed by atoms with E-state index in [9.17, 15) is 22.4 Å². The first-order chi connectivity index (χ1) is 20.2.